The number of guanidine groups is 1. The van der Waals surface area contributed by atoms with E-state index in [-0.39, 0.29) is 17.4 Å². The van der Waals surface area contributed by atoms with E-state index in [0.29, 0.717) is 6.54 Å². The van der Waals surface area contributed by atoms with Crippen LogP contribution in [-0.4, -0.2) is 18.9 Å². The molecule has 18 heavy (non-hydrogen) atoms. The van der Waals surface area contributed by atoms with Crippen LogP contribution in [0.2, 0.25) is 0 Å². The second-order valence-corrected chi connectivity index (χ2v) is 3.14. The number of rotatable bonds is 3. The van der Waals surface area contributed by atoms with Gasteiger partial charge in [0.05, 0.1) is 5.69 Å². The van der Waals surface area contributed by atoms with Crippen LogP contribution < -0.4 is 21.3 Å². The maximum Gasteiger partial charge on any atom is 0.573 e. The van der Waals surface area contributed by atoms with Crippen LogP contribution in [0.4, 0.5) is 18.9 Å². The van der Waals surface area contributed by atoms with Crippen LogP contribution in [0.1, 0.15) is 6.92 Å². The Kier molecular flexibility index (Phi) is 4.78. The minimum Gasteiger partial charge on any atom is -0.404 e. The molecule has 5 nitrogen and oxygen atoms in total. The third-order valence-corrected chi connectivity index (χ3v) is 1.82. The largest absolute Gasteiger partial charge is 0.573 e. The molecule has 8 heteroatoms. The molecule has 0 saturated carbocycles. The Balaban J connectivity index is 2.92. The topological polar surface area (TPSA) is 71.7 Å². The van der Waals surface area contributed by atoms with E-state index in [2.05, 4.69) is 20.5 Å². The second-order valence-electron chi connectivity index (χ2n) is 3.14. The van der Waals surface area contributed by atoms with Crippen LogP contribution >= 0.6 is 0 Å². The van der Waals surface area contributed by atoms with Crippen molar-refractivity contribution in [2.45, 2.75) is 13.3 Å². The van der Waals surface area contributed by atoms with Gasteiger partial charge in [0.15, 0.2) is 5.75 Å². The first-order valence-electron chi connectivity index (χ1n) is 5.09. The van der Waals surface area contributed by atoms with Crippen LogP contribution in [-0.2, 0) is 0 Å². The highest BCUT2D eigenvalue weighted by Crippen LogP contribution is 2.29. The number of halogens is 3. The van der Waals surface area contributed by atoms with Gasteiger partial charge in [-0.25, -0.2) is 5.84 Å². The molecule has 0 radical (unpaired) electrons. The van der Waals surface area contributed by atoms with Gasteiger partial charge in [0, 0.05) is 6.54 Å². The van der Waals surface area contributed by atoms with Gasteiger partial charge in [-0.05, 0) is 19.1 Å². The fraction of sp³-hybridized carbons (Fsp3) is 0.300. The maximum atomic E-state index is 12.2. The molecule has 1 rings (SSSR count). The van der Waals surface area contributed by atoms with Crippen molar-refractivity contribution in [3.63, 3.8) is 0 Å². The molecule has 100 valence electrons. The Morgan fingerprint density at radius 1 is 1.39 bits per heavy atom. The lowest BCUT2D eigenvalue weighted by atomic mass is 10.3. The summed E-state index contributed by atoms with van der Waals surface area (Å²) in [5, 5.41) is 2.61. The van der Waals surface area contributed by atoms with Crippen LogP contribution in [0.15, 0.2) is 29.3 Å². The zero-order chi connectivity index (χ0) is 13.6. The zero-order valence-electron chi connectivity index (χ0n) is 9.58. The molecule has 0 heterocycles. The predicted octanol–water partition coefficient (Wildman–Crippen LogP) is 1.84. The van der Waals surface area contributed by atoms with E-state index in [0.717, 1.165) is 0 Å². The van der Waals surface area contributed by atoms with E-state index in [9.17, 15) is 13.2 Å². The second kappa shape index (κ2) is 6.10. The number of anilines is 1. The molecule has 0 aliphatic rings. The van der Waals surface area contributed by atoms with E-state index in [1.807, 2.05) is 0 Å². The molecule has 0 aliphatic carbocycles. The van der Waals surface area contributed by atoms with Gasteiger partial charge >= 0.3 is 6.36 Å². The van der Waals surface area contributed by atoms with Crippen LogP contribution in [0.5, 0.6) is 5.75 Å². The first-order chi connectivity index (χ1) is 8.46. The van der Waals surface area contributed by atoms with Gasteiger partial charge in [-0.15, -0.1) is 13.2 Å². The number of hydrogen-bond donors (Lipinski definition) is 3. The summed E-state index contributed by atoms with van der Waals surface area (Å²) in [5.74, 6) is 4.97. The van der Waals surface area contributed by atoms with Crippen molar-refractivity contribution < 1.29 is 17.9 Å². The van der Waals surface area contributed by atoms with Crippen molar-refractivity contribution in [2.75, 3.05) is 11.9 Å². The number of nitrogens with one attached hydrogen (secondary N) is 2. The Morgan fingerprint density at radius 2 is 2.06 bits per heavy atom. The Morgan fingerprint density at radius 3 is 2.61 bits per heavy atom. The van der Waals surface area contributed by atoms with Gasteiger partial charge in [0.1, 0.15) is 0 Å². The normalized spacial score (nSPS) is 12.2. The lowest BCUT2D eigenvalue weighted by Gasteiger charge is -2.15. The smallest absolute Gasteiger partial charge is 0.404 e. The van der Waals surface area contributed by atoms with Crippen molar-refractivity contribution >= 4 is 11.6 Å². The summed E-state index contributed by atoms with van der Waals surface area (Å²) >= 11 is 0. The third-order valence-electron chi connectivity index (χ3n) is 1.82. The van der Waals surface area contributed by atoms with Gasteiger partial charge in [-0.2, -0.15) is 0 Å². The highest BCUT2D eigenvalue weighted by atomic mass is 19.4. The molecule has 0 bridgehead atoms. The number of benzene rings is 1. The molecule has 0 atom stereocenters. The number of nitrogens with two attached hydrogens (primary N) is 1. The summed E-state index contributed by atoms with van der Waals surface area (Å²) in [4.78, 5) is 3.91. The van der Waals surface area contributed by atoms with E-state index in [4.69, 9.17) is 5.84 Å². The standard InChI is InChI=1S/C10H13F3N4O/c1-2-15-9(17-14)16-7-5-3-4-6-8(7)18-10(11,12)13/h3-6H,2,14H2,1H3,(H2,15,16,17). The molecule has 4 N–H and O–H groups in total. The van der Waals surface area contributed by atoms with Gasteiger partial charge in [-0.1, -0.05) is 12.1 Å². The Bertz CT molecular complexity index is 420. The number of alkyl halides is 3. The fourth-order valence-electron chi connectivity index (χ4n) is 1.19. The number of aliphatic imine (C=N–C) groups is 1. The van der Waals surface area contributed by atoms with Gasteiger partial charge < -0.3 is 10.1 Å². The van der Waals surface area contributed by atoms with Crippen molar-refractivity contribution in [3.05, 3.63) is 24.3 Å². The highest BCUT2D eigenvalue weighted by molar-refractivity contribution is 5.94. The first-order valence-corrected chi connectivity index (χ1v) is 5.09. The monoisotopic (exact) mass is 262 g/mol. The van der Waals surface area contributed by atoms with Crippen molar-refractivity contribution in [1.29, 1.82) is 0 Å². The summed E-state index contributed by atoms with van der Waals surface area (Å²) in [5.41, 5.74) is 2.35. The molecular formula is C10H13F3N4O. The average molecular weight is 262 g/mol. The number of hydrogen-bond acceptors (Lipinski definition) is 3. The zero-order valence-corrected chi connectivity index (χ0v) is 9.58. The van der Waals surface area contributed by atoms with Crippen LogP contribution in [0.3, 0.4) is 0 Å². The minimum atomic E-state index is -4.75. The number of para-hydroxylation sites is 2. The molecule has 0 aliphatic heterocycles. The average Bonchev–Trinajstić information content (AvgIpc) is 2.29. The molecular weight excluding hydrogens is 249 g/mol. The SMILES string of the molecule is CCN=C(NN)Nc1ccccc1OC(F)(F)F. The summed E-state index contributed by atoms with van der Waals surface area (Å²) in [7, 11) is 0. The molecule has 0 amide bonds. The fourth-order valence-corrected chi connectivity index (χ4v) is 1.19. The highest BCUT2D eigenvalue weighted by Gasteiger charge is 2.32. The minimum absolute atomic E-state index is 0.111. The molecule has 0 fully saturated rings. The lowest BCUT2D eigenvalue weighted by molar-refractivity contribution is -0.274. The molecule has 1 aromatic rings. The van der Waals surface area contributed by atoms with E-state index in [1.54, 1.807) is 13.0 Å². The third kappa shape index (κ3) is 4.50. The Labute approximate surface area is 102 Å². The van der Waals surface area contributed by atoms with Gasteiger partial charge in [0.2, 0.25) is 5.96 Å². The predicted molar refractivity (Wildman–Crippen MR) is 62.0 cm³/mol. The van der Waals surface area contributed by atoms with E-state index < -0.39 is 6.36 Å². The van der Waals surface area contributed by atoms with Crippen molar-refractivity contribution in [1.82, 2.24) is 5.43 Å². The number of hydrazine groups is 1. The molecule has 0 aromatic heterocycles. The molecule has 0 saturated heterocycles. The summed E-state index contributed by atoms with van der Waals surface area (Å²) in [6.45, 7) is 2.19. The van der Waals surface area contributed by atoms with Gasteiger partial charge in [0.25, 0.3) is 0 Å². The first kappa shape index (κ1) is 14.1. The summed E-state index contributed by atoms with van der Waals surface area (Å²) < 4.78 is 40.4. The van der Waals surface area contributed by atoms with Crippen molar-refractivity contribution in [3.8, 4) is 5.75 Å². The van der Waals surface area contributed by atoms with E-state index in [1.165, 1.54) is 18.2 Å². The maximum absolute atomic E-state index is 12.2. The molecule has 1 aromatic carbocycles. The van der Waals surface area contributed by atoms with Crippen LogP contribution in [0.25, 0.3) is 0 Å². The number of ether oxygens (including phenoxy) is 1. The van der Waals surface area contributed by atoms with E-state index >= 15 is 0 Å². The van der Waals surface area contributed by atoms with Gasteiger partial charge in [-0.3, -0.25) is 10.4 Å². The number of nitrogens with zero attached hydrogens (tertiary/aromatic N) is 1. The lowest BCUT2D eigenvalue weighted by Crippen LogP contribution is -2.36. The summed E-state index contributed by atoms with van der Waals surface area (Å²) in [6.07, 6.45) is -4.75. The molecule has 0 unspecified atom stereocenters. The summed E-state index contributed by atoms with van der Waals surface area (Å²) in [6, 6.07) is 5.60. The quantitative estimate of drug-likeness (QED) is 0.336. The van der Waals surface area contributed by atoms with Crippen molar-refractivity contribution in [2.24, 2.45) is 10.8 Å². The molecule has 0 spiro atoms. The Hall–Kier alpha value is -1.96. The van der Waals surface area contributed by atoms with Crippen LogP contribution in [0, 0.1) is 0 Å².